The van der Waals surface area contributed by atoms with Crippen molar-refractivity contribution < 1.29 is 39.3 Å². The maximum absolute atomic E-state index is 10.4. The van der Waals surface area contributed by atoms with Gasteiger partial charge in [-0.05, 0) is 24.7 Å². The zero-order valence-electron chi connectivity index (χ0n) is 17.7. The molecule has 0 saturated heterocycles. The minimum atomic E-state index is -0.799. The van der Waals surface area contributed by atoms with Crippen LogP contribution in [0, 0.1) is 11.8 Å². The number of aliphatic carboxylic acids is 2. The molecule has 0 heterocycles. The van der Waals surface area contributed by atoms with Crippen molar-refractivity contribution in [2.24, 2.45) is 11.8 Å². The third kappa shape index (κ3) is 26.3. The van der Waals surface area contributed by atoms with Gasteiger partial charge in [-0.3, -0.25) is 9.59 Å². The van der Waals surface area contributed by atoms with Crippen LogP contribution in [-0.4, -0.2) is 32.7 Å². The molecule has 4 nitrogen and oxygen atoms in total. The van der Waals surface area contributed by atoms with Crippen LogP contribution >= 0.6 is 25.3 Å². The summed E-state index contributed by atoms with van der Waals surface area (Å²) in [6.45, 7) is 8.83. The van der Waals surface area contributed by atoms with Crippen LogP contribution in [0.25, 0.3) is 0 Å². The van der Waals surface area contributed by atoms with Crippen molar-refractivity contribution in [1.82, 2.24) is 0 Å². The van der Waals surface area contributed by atoms with Crippen molar-refractivity contribution >= 4 is 37.2 Å². The number of thiol groups is 2. The Kier molecular flexibility index (Phi) is 24.8. The van der Waals surface area contributed by atoms with Gasteiger partial charge in [0, 0.05) is 19.5 Å². The molecule has 2 unspecified atom stereocenters. The summed E-state index contributed by atoms with van der Waals surface area (Å²) in [5, 5.41) is 16.2. The van der Waals surface area contributed by atoms with Crippen molar-refractivity contribution in [1.29, 1.82) is 0 Å². The van der Waals surface area contributed by atoms with Gasteiger partial charge in [0.05, 0.1) is 10.5 Å². The minimum absolute atomic E-state index is 0. The van der Waals surface area contributed by atoms with Crippen LogP contribution < -0.4 is 0 Å². The number of rotatable bonds is 14. The molecule has 0 aliphatic heterocycles. The molecule has 0 saturated carbocycles. The molecule has 0 aromatic rings. The van der Waals surface area contributed by atoms with E-state index in [-0.39, 0.29) is 19.5 Å². The fourth-order valence-corrected chi connectivity index (χ4v) is 2.75. The molecule has 0 spiro atoms. The summed E-state index contributed by atoms with van der Waals surface area (Å²) in [6.07, 6.45) is 10.5. The number of hydrogen-bond acceptors (Lipinski definition) is 4. The molecule has 7 heteroatoms. The first-order valence-electron chi connectivity index (χ1n) is 9.89. The van der Waals surface area contributed by atoms with E-state index in [0.29, 0.717) is 12.8 Å². The van der Waals surface area contributed by atoms with E-state index < -0.39 is 22.4 Å². The first kappa shape index (κ1) is 31.9. The quantitative estimate of drug-likeness (QED) is 0.143. The Bertz CT molecular complexity index is 332. The monoisotopic (exact) mass is 472 g/mol. The Balaban J connectivity index is -0.000000411. The Morgan fingerprint density at radius 1 is 0.630 bits per heavy atom. The van der Waals surface area contributed by atoms with Gasteiger partial charge in [0.2, 0.25) is 0 Å². The molecular formula is C20H40O4S2Zn. The topological polar surface area (TPSA) is 74.6 Å². The van der Waals surface area contributed by atoms with E-state index in [2.05, 4.69) is 53.0 Å². The van der Waals surface area contributed by atoms with Crippen LogP contribution in [0.4, 0.5) is 0 Å². The van der Waals surface area contributed by atoms with E-state index in [0.717, 1.165) is 37.5 Å². The van der Waals surface area contributed by atoms with Gasteiger partial charge in [-0.25, -0.2) is 0 Å². The van der Waals surface area contributed by atoms with Gasteiger partial charge in [0.25, 0.3) is 0 Å². The fraction of sp³-hybridized carbons (Fsp3) is 0.900. The predicted molar refractivity (Wildman–Crippen MR) is 117 cm³/mol. The molecule has 0 amide bonds. The second-order valence-corrected chi connectivity index (χ2v) is 9.02. The molecule has 0 radical (unpaired) electrons. The third-order valence-electron chi connectivity index (χ3n) is 4.09. The molecule has 0 rings (SSSR count). The molecule has 0 aliphatic rings. The molecule has 0 fully saturated rings. The van der Waals surface area contributed by atoms with Crippen LogP contribution in [-0.2, 0) is 29.1 Å². The molecule has 158 valence electrons. The van der Waals surface area contributed by atoms with E-state index in [1.165, 1.54) is 25.7 Å². The molecule has 27 heavy (non-hydrogen) atoms. The van der Waals surface area contributed by atoms with Gasteiger partial charge in [-0.2, -0.15) is 25.3 Å². The first-order chi connectivity index (χ1) is 12.1. The van der Waals surface area contributed by atoms with Crippen molar-refractivity contribution in [3.63, 3.8) is 0 Å². The number of carboxylic acids is 2. The molecular weight excluding hydrogens is 434 g/mol. The second kappa shape index (κ2) is 21.0. The van der Waals surface area contributed by atoms with Crippen LogP contribution in [0.15, 0.2) is 0 Å². The molecule has 2 atom stereocenters. The molecule has 0 aromatic carbocycles. The van der Waals surface area contributed by atoms with Crippen molar-refractivity contribution in [2.75, 3.05) is 0 Å². The van der Waals surface area contributed by atoms with Gasteiger partial charge in [-0.1, -0.05) is 79.1 Å². The summed E-state index contributed by atoms with van der Waals surface area (Å²) in [7, 11) is 0. The van der Waals surface area contributed by atoms with E-state index in [4.69, 9.17) is 10.2 Å². The molecule has 0 aromatic heterocycles. The smallest absolute Gasteiger partial charge is 0.316 e. The number of unbranched alkanes of at least 4 members (excludes halogenated alkanes) is 4. The van der Waals surface area contributed by atoms with Gasteiger partial charge in [0.15, 0.2) is 0 Å². The van der Waals surface area contributed by atoms with Crippen LogP contribution in [0.5, 0.6) is 0 Å². The zero-order chi connectivity index (χ0) is 20.5. The number of hydrogen-bond donors (Lipinski definition) is 4. The van der Waals surface area contributed by atoms with Gasteiger partial charge >= 0.3 is 11.9 Å². The summed E-state index contributed by atoms with van der Waals surface area (Å²) in [6, 6.07) is 0. The summed E-state index contributed by atoms with van der Waals surface area (Å²) < 4.78 is 0. The Morgan fingerprint density at radius 3 is 1.11 bits per heavy atom. The van der Waals surface area contributed by atoms with Crippen LogP contribution in [0.2, 0.25) is 0 Å². The summed E-state index contributed by atoms with van der Waals surface area (Å²) in [5.41, 5.74) is 0. The predicted octanol–water partition coefficient (Wildman–Crippen LogP) is 5.95. The minimum Gasteiger partial charge on any atom is -0.480 e. The largest absolute Gasteiger partial charge is 0.480 e. The second-order valence-electron chi connectivity index (χ2n) is 7.77. The average molecular weight is 474 g/mol. The summed E-state index contributed by atoms with van der Waals surface area (Å²) in [4.78, 5) is 20.8. The van der Waals surface area contributed by atoms with E-state index in [9.17, 15) is 9.59 Å². The first-order valence-corrected chi connectivity index (χ1v) is 10.9. The van der Waals surface area contributed by atoms with E-state index in [1.807, 2.05) is 0 Å². The van der Waals surface area contributed by atoms with Gasteiger partial charge in [-0.15, -0.1) is 0 Å². The Morgan fingerprint density at radius 2 is 0.889 bits per heavy atom. The van der Waals surface area contributed by atoms with Crippen LogP contribution in [0.3, 0.4) is 0 Å². The van der Waals surface area contributed by atoms with E-state index >= 15 is 0 Å². The van der Waals surface area contributed by atoms with Gasteiger partial charge < -0.3 is 10.2 Å². The molecule has 0 bridgehead atoms. The van der Waals surface area contributed by atoms with Gasteiger partial charge in [0.1, 0.15) is 0 Å². The maximum atomic E-state index is 10.4. The Labute approximate surface area is 190 Å². The average Bonchev–Trinajstić information content (AvgIpc) is 2.53. The molecule has 2 N–H and O–H groups in total. The van der Waals surface area contributed by atoms with Crippen LogP contribution in [0.1, 0.15) is 91.9 Å². The molecule has 0 aliphatic carbocycles. The standard InChI is InChI=1S/2C10H20O2S.Zn/c2*1-8(2)6-4-3-5-7-9(13)10(11)12;/h2*8-9,13H,3-7H2,1-2H3,(H,11,12);. The summed E-state index contributed by atoms with van der Waals surface area (Å²) in [5.74, 6) is -0.0862. The van der Waals surface area contributed by atoms with Crippen molar-refractivity contribution in [3.8, 4) is 0 Å². The van der Waals surface area contributed by atoms with Crippen molar-refractivity contribution in [3.05, 3.63) is 0 Å². The van der Waals surface area contributed by atoms with E-state index in [1.54, 1.807) is 0 Å². The SMILES string of the molecule is CC(C)CCCCCC(S)C(=O)O.CC(C)CCCCCC(S)C(=O)O.[Zn]. The number of carboxylic acid groups (broad SMARTS) is 2. The Hall–Kier alpha value is 0.263. The normalized spacial score (nSPS) is 12.7. The zero-order valence-corrected chi connectivity index (χ0v) is 22.4. The maximum Gasteiger partial charge on any atom is 0.316 e. The van der Waals surface area contributed by atoms with Crippen molar-refractivity contribution in [2.45, 2.75) is 102 Å². The fourth-order valence-electron chi connectivity index (χ4n) is 2.38. The third-order valence-corrected chi connectivity index (χ3v) is 5.05. The number of carbonyl (C=O) groups is 2. The summed E-state index contributed by atoms with van der Waals surface area (Å²) >= 11 is 7.94.